The van der Waals surface area contributed by atoms with Gasteiger partial charge in [0.1, 0.15) is 0 Å². The standard InChI is InChI=1S/C17H24N2O3S/c1-11(2)12(3)18-23(21,22)15-6-7-16-14(10-15)8-9-19(16)17(20)13-4-5-13/h6-7,10-13,18H,4-5,8-9H2,1-3H3/t12-/m1/s1. The molecule has 1 atom stereocenters. The van der Waals surface area contributed by atoms with Gasteiger partial charge >= 0.3 is 0 Å². The van der Waals surface area contributed by atoms with Crippen LogP contribution in [0.5, 0.6) is 0 Å². The Kier molecular flexibility index (Phi) is 4.23. The summed E-state index contributed by atoms with van der Waals surface area (Å²) in [5, 5.41) is 0. The number of carbonyl (C=O) groups is 1. The van der Waals surface area contributed by atoms with Crippen LogP contribution in [0.25, 0.3) is 0 Å². The molecule has 1 saturated carbocycles. The molecule has 3 rings (SSSR count). The quantitative estimate of drug-likeness (QED) is 0.897. The van der Waals surface area contributed by atoms with Gasteiger partial charge in [-0.1, -0.05) is 13.8 Å². The topological polar surface area (TPSA) is 66.5 Å². The van der Waals surface area contributed by atoms with E-state index in [1.807, 2.05) is 25.7 Å². The lowest BCUT2D eigenvalue weighted by atomic mass is 10.1. The average molecular weight is 336 g/mol. The first-order valence-corrected chi connectivity index (χ1v) is 9.74. The molecule has 23 heavy (non-hydrogen) atoms. The Morgan fingerprint density at radius 3 is 2.57 bits per heavy atom. The van der Waals surface area contributed by atoms with Gasteiger partial charge in [0.15, 0.2) is 0 Å². The zero-order chi connectivity index (χ0) is 16.8. The Hall–Kier alpha value is -1.40. The summed E-state index contributed by atoms with van der Waals surface area (Å²) in [5.41, 5.74) is 1.82. The highest BCUT2D eigenvalue weighted by molar-refractivity contribution is 7.89. The number of nitrogens with one attached hydrogen (secondary N) is 1. The van der Waals surface area contributed by atoms with Gasteiger partial charge in [-0.3, -0.25) is 4.79 Å². The highest BCUT2D eigenvalue weighted by atomic mass is 32.2. The van der Waals surface area contributed by atoms with E-state index >= 15 is 0 Å². The Labute approximate surface area is 138 Å². The maximum absolute atomic E-state index is 12.5. The summed E-state index contributed by atoms with van der Waals surface area (Å²) in [4.78, 5) is 14.4. The molecule has 1 amide bonds. The van der Waals surface area contributed by atoms with Crippen molar-refractivity contribution in [3.63, 3.8) is 0 Å². The molecule has 6 heteroatoms. The molecule has 0 spiro atoms. The molecule has 0 bridgehead atoms. The fourth-order valence-electron chi connectivity index (χ4n) is 2.77. The van der Waals surface area contributed by atoms with Crippen LogP contribution < -0.4 is 9.62 Å². The Morgan fingerprint density at radius 2 is 1.96 bits per heavy atom. The summed E-state index contributed by atoms with van der Waals surface area (Å²) in [6, 6.07) is 4.97. The lowest BCUT2D eigenvalue weighted by Gasteiger charge is -2.19. The lowest BCUT2D eigenvalue weighted by Crippen LogP contribution is -2.36. The van der Waals surface area contributed by atoms with Gasteiger partial charge in [0.05, 0.1) is 4.90 Å². The second-order valence-corrected chi connectivity index (χ2v) is 8.67. The molecule has 1 aromatic carbocycles. The normalized spacial score (nSPS) is 19.0. The number of carbonyl (C=O) groups excluding carboxylic acids is 1. The number of anilines is 1. The molecule has 0 aromatic heterocycles. The number of nitrogens with zero attached hydrogens (tertiary/aromatic N) is 1. The number of hydrogen-bond acceptors (Lipinski definition) is 3. The second kappa shape index (κ2) is 5.91. The van der Waals surface area contributed by atoms with E-state index in [1.165, 1.54) is 0 Å². The summed E-state index contributed by atoms with van der Waals surface area (Å²) >= 11 is 0. The summed E-state index contributed by atoms with van der Waals surface area (Å²) in [7, 11) is -3.52. The first-order valence-electron chi connectivity index (χ1n) is 8.26. The van der Waals surface area contributed by atoms with E-state index in [9.17, 15) is 13.2 Å². The summed E-state index contributed by atoms with van der Waals surface area (Å²) in [6.45, 7) is 6.49. The van der Waals surface area contributed by atoms with E-state index in [-0.39, 0.29) is 28.7 Å². The molecule has 0 saturated heterocycles. The van der Waals surface area contributed by atoms with Crippen LogP contribution in [-0.4, -0.2) is 26.9 Å². The SMILES string of the molecule is CC(C)[C@@H](C)NS(=O)(=O)c1ccc2c(c1)CCN2C(=O)C1CC1. The molecule has 1 heterocycles. The minimum absolute atomic E-state index is 0.124. The van der Waals surface area contributed by atoms with Crippen molar-refractivity contribution in [2.75, 3.05) is 11.4 Å². The molecular formula is C17H24N2O3S. The van der Waals surface area contributed by atoms with E-state index < -0.39 is 10.0 Å². The first kappa shape index (κ1) is 16.5. The molecule has 2 aliphatic rings. The summed E-state index contributed by atoms with van der Waals surface area (Å²) in [6.07, 6.45) is 2.68. The van der Waals surface area contributed by atoms with Crippen molar-refractivity contribution in [2.45, 2.75) is 51.0 Å². The predicted molar refractivity (Wildman–Crippen MR) is 89.8 cm³/mol. The summed E-state index contributed by atoms with van der Waals surface area (Å²) < 4.78 is 27.7. The van der Waals surface area contributed by atoms with Crippen LogP contribution in [0.15, 0.2) is 23.1 Å². The van der Waals surface area contributed by atoms with Crippen molar-refractivity contribution in [3.05, 3.63) is 23.8 Å². The van der Waals surface area contributed by atoms with E-state index in [2.05, 4.69) is 4.72 Å². The van der Waals surface area contributed by atoms with E-state index in [0.29, 0.717) is 6.54 Å². The van der Waals surface area contributed by atoms with Crippen molar-refractivity contribution in [1.82, 2.24) is 4.72 Å². The molecule has 126 valence electrons. The Balaban J connectivity index is 1.83. The van der Waals surface area contributed by atoms with Gasteiger partial charge in [0, 0.05) is 24.2 Å². The van der Waals surface area contributed by atoms with Crippen molar-refractivity contribution in [1.29, 1.82) is 0 Å². The third kappa shape index (κ3) is 3.28. The molecule has 1 aliphatic carbocycles. The van der Waals surface area contributed by atoms with Gasteiger partial charge < -0.3 is 4.90 Å². The largest absolute Gasteiger partial charge is 0.312 e. The number of sulfonamides is 1. The van der Waals surface area contributed by atoms with Gasteiger partial charge in [-0.15, -0.1) is 0 Å². The van der Waals surface area contributed by atoms with Crippen LogP contribution >= 0.6 is 0 Å². The molecule has 0 unspecified atom stereocenters. The molecule has 5 nitrogen and oxygen atoms in total. The third-order valence-corrected chi connectivity index (χ3v) is 6.35. The maximum atomic E-state index is 12.5. The maximum Gasteiger partial charge on any atom is 0.240 e. The Bertz CT molecular complexity index is 723. The van der Waals surface area contributed by atoms with E-state index in [0.717, 1.165) is 30.5 Å². The van der Waals surface area contributed by atoms with Crippen molar-refractivity contribution < 1.29 is 13.2 Å². The molecule has 1 fully saturated rings. The van der Waals surface area contributed by atoms with Gasteiger partial charge in [-0.2, -0.15) is 0 Å². The Morgan fingerprint density at radius 1 is 1.26 bits per heavy atom. The average Bonchev–Trinajstić information content (AvgIpc) is 3.25. The van der Waals surface area contributed by atoms with Gasteiger partial charge in [0.2, 0.25) is 15.9 Å². The van der Waals surface area contributed by atoms with Crippen molar-refractivity contribution in [3.8, 4) is 0 Å². The smallest absolute Gasteiger partial charge is 0.240 e. The highest BCUT2D eigenvalue weighted by Gasteiger charge is 2.36. The minimum Gasteiger partial charge on any atom is -0.312 e. The highest BCUT2D eigenvalue weighted by Crippen LogP contribution is 2.37. The molecule has 1 aliphatic heterocycles. The van der Waals surface area contributed by atoms with Crippen LogP contribution in [0.4, 0.5) is 5.69 Å². The predicted octanol–water partition coefficient (Wildman–Crippen LogP) is 2.31. The lowest BCUT2D eigenvalue weighted by molar-refractivity contribution is -0.119. The molecule has 1 aromatic rings. The van der Waals surface area contributed by atoms with E-state index in [1.54, 1.807) is 18.2 Å². The zero-order valence-corrected chi connectivity index (χ0v) is 14.7. The fraction of sp³-hybridized carbons (Fsp3) is 0.588. The van der Waals surface area contributed by atoms with Gasteiger partial charge in [0.25, 0.3) is 0 Å². The second-order valence-electron chi connectivity index (χ2n) is 6.96. The zero-order valence-electron chi connectivity index (χ0n) is 13.9. The number of amides is 1. The first-order chi connectivity index (χ1) is 10.8. The molecule has 0 radical (unpaired) electrons. The van der Waals surface area contributed by atoms with Gasteiger partial charge in [-0.05, 0) is 55.9 Å². The minimum atomic E-state index is -3.52. The number of benzene rings is 1. The fourth-order valence-corrected chi connectivity index (χ4v) is 4.22. The number of fused-ring (bicyclic) bond motifs is 1. The summed E-state index contributed by atoms with van der Waals surface area (Å²) in [5.74, 6) is 0.592. The number of rotatable bonds is 5. The molecule has 1 N–H and O–H groups in total. The van der Waals surface area contributed by atoms with Crippen LogP contribution in [0.3, 0.4) is 0 Å². The molecular weight excluding hydrogens is 312 g/mol. The van der Waals surface area contributed by atoms with Crippen molar-refractivity contribution >= 4 is 21.6 Å². The van der Waals surface area contributed by atoms with Crippen molar-refractivity contribution in [2.24, 2.45) is 11.8 Å². The number of hydrogen-bond donors (Lipinski definition) is 1. The monoisotopic (exact) mass is 336 g/mol. The van der Waals surface area contributed by atoms with Crippen LogP contribution in [0.1, 0.15) is 39.2 Å². The van der Waals surface area contributed by atoms with Crippen LogP contribution in [0.2, 0.25) is 0 Å². The van der Waals surface area contributed by atoms with E-state index in [4.69, 9.17) is 0 Å². The third-order valence-electron chi connectivity index (χ3n) is 4.79. The van der Waals surface area contributed by atoms with Crippen LogP contribution in [0, 0.1) is 11.8 Å². The van der Waals surface area contributed by atoms with Crippen LogP contribution in [-0.2, 0) is 21.2 Å². The van der Waals surface area contributed by atoms with Gasteiger partial charge in [-0.25, -0.2) is 13.1 Å².